The van der Waals surface area contributed by atoms with Crippen LogP contribution in [0, 0.1) is 0 Å². The fourth-order valence-electron chi connectivity index (χ4n) is 4.32. The highest BCUT2D eigenvalue weighted by Crippen LogP contribution is 2.36. The van der Waals surface area contributed by atoms with Gasteiger partial charge in [-0.25, -0.2) is 18.0 Å². The summed E-state index contributed by atoms with van der Waals surface area (Å²) in [7, 11) is -3.70. The van der Waals surface area contributed by atoms with Gasteiger partial charge in [0.15, 0.2) is 9.84 Å². The molecule has 0 aliphatic carbocycles. The van der Waals surface area contributed by atoms with Crippen LogP contribution in [0.2, 0.25) is 5.02 Å². The number of nitrogens with one attached hydrogen (secondary N) is 2. The molecule has 0 bridgehead atoms. The number of urea groups is 1. The number of hydrogen-bond donors (Lipinski definition) is 4. The molecule has 10 nitrogen and oxygen atoms in total. The number of benzene rings is 3. The summed E-state index contributed by atoms with van der Waals surface area (Å²) in [5.74, 6) is -2.08. The van der Waals surface area contributed by atoms with Crippen molar-refractivity contribution >= 4 is 50.7 Å². The van der Waals surface area contributed by atoms with Crippen molar-refractivity contribution in [2.45, 2.75) is 23.5 Å². The third-order valence-corrected chi connectivity index (χ3v) is 7.46. The summed E-state index contributed by atoms with van der Waals surface area (Å²) in [6.45, 7) is -0.123. The molecule has 0 aromatic heterocycles. The van der Waals surface area contributed by atoms with Gasteiger partial charge in [-0.2, -0.15) is 0 Å². The van der Waals surface area contributed by atoms with Crippen LogP contribution in [0.25, 0.3) is 11.1 Å². The minimum atomic E-state index is -3.70. The smallest absolute Gasteiger partial charge is 0.337 e. The molecule has 38 heavy (non-hydrogen) atoms. The molecule has 1 heterocycles. The number of carboxylic acid groups (broad SMARTS) is 1. The Morgan fingerprint density at radius 1 is 0.947 bits per heavy atom. The Hall–Kier alpha value is -3.93. The molecule has 4 rings (SSSR count). The molecule has 1 aliphatic rings. The maximum Gasteiger partial charge on any atom is 0.337 e. The van der Waals surface area contributed by atoms with E-state index in [1.54, 1.807) is 30.3 Å². The number of aromatic carboxylic acids is 1. The molecule has 0 radical (unpaired) electrons. The van der Waals surface area contributed by atoms with E-state index in [0.717, 1.165) is 11.2 Å². The third kappa shape index (κ3) is 5.80. The normalized spacial score (nSPS) is 17.2. The van der Waals surface area contributed by atoms with E-state index in [1.807, 2.05) is 0 Å². The van der Waals surface area contributed by atoms with Crippen molar-refractivity contribution in [3.63, 3.8) is 0 Å². The Morgan fingerprint density at radius 2 is 1.61 bits per heavy atom. The lowest BCUT2D eigenvalue weighted by Gasteiger charge is -2.25. The van der Waals surface area contributed by atoms with Gasteiger partial charge in [0.2, 0.25) is 5.91 Å². The molecular weight excluding hydrogens is 534 g/mol. The highest BCUT2D eigenvalue weighted by molar-refractivity contribution is 7.90. The van der Waals surface area contributed by atoms with Gasteiger partial charge in [-0.15, -0.1) is 0 Å². The predicted molar refractivity (Wildman–Crippen MR) is 142 cm³/mol. The van der Waals surface area contributed by atoms with E-state index in [1.165, 1.54) is 36.4 Å². The van der Waals surface area contributed by atoms with E-state index in [0.29, 0.717) is 10.7 Å². The van der Waals surface area contributed by atoms with Crippen LogP contribution in [-0.4, -0.2) is 66.4 Å². The van der Waals surface area contributed by atoms with Gasteiger partial charge in [0.05, 0.1) is 22.3 Å². The Bertz CT molecular complexity index is 1510. The van der Waals surface area contributed by atoms with Gasteiger partial charge in [0.1, 0.15) is 6.04 Å². The molecule has 3 aromatic rings. The molecule has 3 aromatic carbocycles. The second kappa shape index (κ2) is 10.8. The molecule has 2 atom stereocenters. The summed E-state index contributed by atoms with van der Waals surface area (Å²) in [4.78, 5) is 39.6. The van der Waals surface area contributed by atoms with Crippen molar-refractivity contribution in [1.29, 1.82) is 0 Å². The lowest BCUT2D eigenvalue weighted by molar-refractivity contribution is -0.119. The van der Waals surface area contributed by atoms with Gasteiger partial charge in [-0.05, 0) is 36.4 Å². The number of hydrogen-bond acceptors (Lipinski definition) is 6. The lowest BCUT2D eigenvalue weighted by Crippen LogP contribution is -2.45. The highest BCUT2D eigenvalue weighted by Gasteiger charge is 2.39. The number of aliphatic hydroxyl groups excluding tert-OH is 1. The number of halogens is 1. The fraction of sp³-hybridized carbons (Fsp3) is 0.192. The van der Waals surface area contributed by atoms with E-state index >= 15 is 0 Å². The SMILES string of the molecule is CS(=O)(=O)c1ccccc1-c1cccc(C(=O)O)c1NC(=O)C1CC(O)CN1C(=O)Nc1ccc(Cl)cc1. The number of likely N-dealkylation sites (tertiary alicyclic amines) is 1. The first-order valence-electron chi connectivity index (χ1n) is 11.4. The summed E-state index contributed by atoms with van der Waals surface area (Å²) in [5.41, 5.74) is 0.415. The van der Waals surface area contributed by atoms with Crippen molar-refractivity contribution in [3.05, 3.63) is 77.3 Å². The number of nitrogens with zero attached hydrogens (tertiary/aromatic N) is 1. The first kappa shape index (κ1) is 27.1. The van der Waals surface area contributed by atoms with Crippen molar-refractivity contribution in [3.8, 4) is 11.1 Å². The van der Waals surface area contributed by atoms with Crippen molar-refractivity contribution < 1.29 is 33.0 Å². The second-order valence-corrected chi connectivity index (χ2v) is 11.2. The van der Waals surface area contributed by atoms with Crippen LogP contribution >= 0.6 is 11.6 Å². The molecule has 0 saturated carbocycles. The zero-order chi connectivity index (χ0) is 27.6. The van der Waals surface area contributed by atoms with Gasteiger partial charge in [0, 0.05) is 41.1 Å². The molecule has 4 N–H and O–H groups in total. The maximum absolute atomic E-state index is 13.4. The van der Waals surface area contributed by atoms with Gasteiger partial charge < -0.3 is 25.7 Å². The van der Waals surface area contributed by atoms with Crippen LogP contribution in [0.5, 0.6) is 0 Å². The van der Waals surface area contributed by atoms with Gasteiger partial charge >= 0.3 is 12.0 Å². The monoisotopic (exact) mass is 557 g/mol. The third-order valence-electron chi connectivity index (χ3n) is 6.06. The van der Waals surface area contributed by atoms with E-state index in [2.05, 4.69) is 10.6 Å². The Morgan fingerprint density at radius 3 is 2.26 bits per heavy atom. The molecule has 3 amide bonds. The number of amides is 3. The molecule has 2 unspecified atom stereocenters. The minimum Gasteiger partial charge on any atom is -0.478 e. The molecular formula is C26H24ClN3O7S. The molecule has 0 spiro atoms. The largest absolute Gasteiger partial charge is 0.478 e. The van der Waals surface area contributed by atoms with Crippen LogP contribution < -0.4 is 10.6 Å². The lowest BCUT2D eigenvalue weighted by atomic mass is 9.99. The van der Waals surface area contributed by atoms with Crippen LogP contribution in [0.15, 0.2) is 71.6 Å². The van der Waals surface area contributed by atoms with E-state index in [4.69, 9.17) is 11.6 Å². The summed E-state index contributed by atoms with van der Waals surface area (Å²) in [5, 5.41) is 25.8. The van der Waals surface area contributed by atoms with Crippen LogP contribution in [-0.2, 0) is 14.6 Å². The zero-order valence-corrected chi connectivity index (χ0v) is 21.7. The maximum atomic E-state index is 13.4. The predicted octanol–water partition coefficient (Wildman–Crippen LogP) is 3.71. The molecule has 1 aliphatic heterocycles. The molecule has 1 fully saturated rings. The van der Waals surface area contributed by atoms with E-state index in [-0.39, 0.29) is 40.2 Å². The Labute approximate surface area is 223 Å². The average Bonchev–Trinajstić information content (AvgIpc) is 3.27. The number of para-hydroxylation sites is 1. The van der Waals surface area contributed by atoms with Gasteiger partial charge in [-0.3, -0.25) is 4.79 Å². The number of aliphatic hydroxyl groups is 1. The zero-order valence-electron chi connectivity index (χ0n) is 20.1. The number of anilines is 2. The first-order valence-corrected chi connectivity index (χ1v) is 13.7. The van der Waals surface area contributed by atoms with Gasteiger partial charge in [-0.1, -0.05) is 41.9 Å². The summed E-state index contributed by atoms with van der Waals surface area (Å²) < 4.78 is 24.8. The number of rotatable bonds is 6. The molecule has 12 heteroatoms. The van der Waals surface area contributed by atoms with Crippen molar-refractivity contribution in [1.82, 2.24) is 4.90 Å². The fourth-order valence-corrected chi connectivity index (χ4v) is 5.35. The van der Waals surface area contributed by atoms with Crippen LogP contribution in [0.1, 0.15) is 16.8 Å². The van der Waals surface area contributed by atoms with E-state index in [9.17, 15) is 33.0 Å². The highest BCUT2D eigenvalue weighted by atomic mass is 35.5. The summed E-state index contributed by atoms with van der Waals surface area (Å²) >= 11 is 5.88. The number of carbonyl (C=O) groups is 3. The van der Waals surface area contributed by atoms with Crippen LogP contribution in [0.3, 0.4) is 0 Å². The topological polar surface area (TPSA) is 153 Å². The van der Waals surface area contributed by atoms with Crippen molar-refractivity contribution in [2.24, 2.45) is 0 Å². The summed E-state index contributed by atoms with van der Waals surface area (Å²) in [6, 6.07) is 14.8. The number of sulfone groups is 1. The first-order chi connectivity index (χ1) is 18.0. The van der Waals surface area contributed by atoms with Gasteiger partial charge in [0.25, 0.3) is 0 Å². The van der Waals surface area contributed by atoms with Crippen molar-refractivity contribution in [2.75, 3.05) is 23.4 Å². The number of β-amino-alcohol motifs (C(OH)–C–C–N with tert-alkyl or cyclic N) is 1. The average molecular weight is 558 g/mol. The number of carboxylic acids is 1. The standard InChI is InChI=1S/C26H24ClN3O7S/c1-38(36,37)22-8-3-2-5-18(22)19-6-4-7-20(25(33)34)23(19)29-24(32)21-13-17(31)14-30(21)26(35)28-16-11-9-15(27)10-12-16/h2-12,17,21,31H,13-14H2,1H3,(H,28,35)(H,29,32)(H,33,34). The Kier molecular flexibility index (Phi) is 7.72. The van der Waals surface area contributed by atoms with E-state index < -0.39 is 39.9 Å². The molecule has 198 valence electrons. The minimum absolute atomic E-state index is 0.0432. The Balaban J connectivity index is 1.69. The quantitative estimate of drug-likeness (QED) is 0.360. The second-order valence-electron chi connectivity index (χ2n) is 8.79. The van der Waals surface area contributed by atoms with Crippen LogP contribution in [0.4, 0.5) is 16.2 Å². The summed E-state index contributed by atoms with van der Waals surface area (Å²) in [6.07, 6.45) is -0.0334. The number of carbonyl (C=O) groups excluding carboxylic acids is 2. The molecule has 1 saturated heterocycles.